The highest BCUT2D eigenvalue weighted by Crippen LogP contribution is 2.38. The first kappa shape index (κ1) is 20.2. The van der Waals surface area contributed by atoms with Crippen LogP contribution in [0.15, 0.2) is 12.1 Å². The van der Waals surface area contributed by atoms with Gasteiger partial charge in [-0.15, -0.1) is 0 Å². The summed E-state index contributed by atoms with van der Waals surface area (Å²) in [6, 6.07) is 3.72. The number of esters is 1. The number of aryl methyl sites for hydroxylation is 1. The average Bonchev–Trinajstić information content (AvgIpc) is 2.94. The lowest BCUT2D eigenvalue weighted by molar-refractivity contribution is -0.896. The minimum atomic E-state index is -0.393. The number of nitrogens with one attached hydrogen (secondary N) is 2. The van der Waals surface area contributed by atoms with E-state index >= 15 is 0 Å². The number of anilines is 1. The van der Waals surface area contributed by atoms with Gasteiger partial charge in [0.15, 0.2) is 6.54 Å². The van der Waals surface area contributed by atoms with Crippen LogP contribution in [0.25, 0.3) is 10.9 Å². The fraction of sp³-hybridized carbons (Fsp3) is 0.524. The molecule has 1 saturated heterocycles. The molecule has 28 heavy (non-hydrogen) atoms. The maximum absolute atomic E-state index is 12.8. The van der Waals surface area contributed by atoms with Crippen molar-refractivity contribution in [1.82, 2.24) is 4.57 Å². The number of ether oxygens (including phenoxy) is 2. The molecule has 1 amide bonds. The van der Waals surface area contributed by atoms with E-state index < -0.39 is 5.97 Å². The number of piperidine rings is 1. The molecule has 1 aromatic heterocycles. The van der Waals surface area contributed by atoms with Gasteiger partial charge in [-0.1, -0.05) is 0 Å². The number of fused-ring (bicyclic) bond motifs is 1. The molecule has 3 rings (SSSR count). The van der Waals surface area contributed by atoms with E-state index in [0.29, 0.717) is 35.5 Å². The molecule has 1 aromatic carbocycles. The van der Waals surface area contributed by atoms with Crippen molar-refractivity contribution in [3.8, 4) is 5.75 Å². The number of nitrogens with zero attached hydrogens (tertiary/aromatic N) is 1. The first-order valence-corrected chi connectivity index (χ1v) is 9.94. The zero-order valence-corrected chi connectivity index (χ0v) is 17.2. The van der Waals surface area contributed by atoms with Gasteiger partial charge in [0, 0.05) is 18.1 Å². The van der Waals surface area contributed by atoms with Crippen molar-refractivity contribution < 1.29 is 24.0 Å². The molecule has 0 saturated carbocycles. The topological polar surface area (TPSA) is 74.0 Å². The highest BCUT2D eigenvalue weighted by molar-refractivity contribution is 6.14. The van der Waals surface area contributed by atoms with Crippen LogP contribution in [0.2, 0.25) is 0 Å². The third-order valence-electron chi connectivity index (χ3n) is 5.56. The van der Waals surface area contributed by atoms with E-state index in [1.165, 1.54) is 11.3 Å². The lowest BCUT2D eigenvalue weighted by Crippen LogP contribution is -3.13. The molecule has 2 N–H and O–H groups in total. The summed E-state index contributed by atoms with van der Waals surface area (Å²) in [7, 11) is 3.46. The monoisotopic (exact) mass is 388 g/mol. The van der Waals surface area contributed by atoms with E-state index in [1.54, 1.807) is 14.0 Å². The Labute approximate surface area is 165 Å². The summed E-state index contributed by atoms with van der Waals surface area (Å²) in [5.41, 5.74) is 2.65. The molecule has 7 nitrogen and oxygen atoms in total. The Bertz CT molecular complexity index is 882. The molecule has 2 heterocycles. The van der Waals surface area contributed by atoms with Crippen LogP contribution in [0.3, 0.4) is 0 Å². The number of quaternary nitrogens is 1. The number of aromatic nitrogens is 1. The van der Waals surface area contributed by atoms with Crippen LogP contribution in [0.5, 0.6) is 5.75 Å². The highest BCUT2D eigenvalue weighted by Gasteiger charge is 2.26. The molecular weight excluding hydrogens is 358 g/mol. The predicted molar refractivity (Wildman–Crippen MR) is 108 cm³/mol. The molecule has 1 fully saturated rings. The maximum atomic E-state index is 12.8. The molecule has 152 valence electrons. The minimum absolute atomic E-state index is 0.0704. The zero-order valence-electron chi connectivity index (χ0n) is 17.2. The van der Waals surface area contributed by atoms with Gasteiger partial charge >= 0.3 is 5.97 Å². The van der Waals surface area contributed by atoms with Crippen LogP contribution in [-0.4, -0.2) is 49.8 Å². The van der Waals surface area contributed by atoms with Gasteiger partial charge in [-0.3, -0.25) is 4.79 Å². The second-order valence-corrected chi connectivity index (χ2v) is 7.31. The number of amides is 1. The Balaban J connectivity index is 2.02. The van der Waals surface area contributed by atoms with Crippen molar-refractivity contribution in [2.45, 2.75) is 33.1 Å². The van der Waals surface area contributed by atoms with Crippen LogP contribution in [0, 0.1) is 6.92 Å². The van der Waals surface area contributed by atoms with Crippen LogP contribution >= 0.6 is 0 Å². The first-order valence-electron chi connectivity index (χ1n) is 9.94. The average molecular weight is 388 g/mol. The summed E-state index contributed by atoms with van der Waals surface area (Å²) < 4.78 is 12.7. The van der Waals surface area contributed by atoms with Gasteiger partial charge in [0.05, 0.1) is 43.6 Å². The quantitative estimate of drug-likeness (QED) is 0.739. The van der Waals surface area contributed by atoms with Crippen LogP contribution in [0.1, 0.15) is 42.2 Å². The van der Waals surface area contributed by atoms with Crippen molar-refractivity contribution in [1.29, 1.82) is 0 Å². The van der Waals surface area contributed by atoms with Crippen LogP contribution in [0.4, 0.5) is 5.69 Å². The van der Waals surface area contributed by atoms with Gasteiger partial charge in [-0.25, -0.2) is 4.79 Å². The van der Waals surface area contributed by atoms with Crippen LogP contribution < -0.4 is 15.0 Å². The van der Waals surface area contributed by atoms with Gasteiger partial charge in [0.2, 0.25) is 0 Å². The van der Waals surface area contributed by atoms with Crippen molar-refractivity contribution in [3.05, 3.63) is 23.4 Å². The second kappa shape index (κ2) is 8.65. The number of methoxy groups -OCH3 is 1. The van der Waals surface area contributed by atoms with Crippen LogP contribution in [-0.2, 0) is 16.6 Å². The second-order valence-electron chi connectivity index (χ2n) is 7.31. The number of hydrogen-bond acceptors (Lipinski definition) is 4. The van der Waals surface area contributed by atoms with Crippen molar-refractivity contribution in [3.63, 3.8) is 0 Å². The fourth-order valence-corrected chi connectivity index (χ4v) is 4.02. The summed E-state index contributed by atoms with van der Waals surface area (Å²) >= 11 is 0. The van der Waals surface area contributed by atoms with Gasteiger partial charge in [-0.2, -0.15) is 0 Å². The van der Waals surface area contributed by atoms with Crippen molar-refractivity contribution in [2.75, 3.05) is 38.7 Å². The van der Waals surface area contributed by atoms with E-state index in [-0.39, 0.29) is 5.91 Å². The molecule has 1 aliphatic heterocycles. The Morgan fingerprint density at radius 2 is 1.93 bits per heavy atom. The van der Waals surface area contributed by atoms with Gasteiger partial charge in [-0.05, 0) is 45.2 Å². The highest BCUT2D eigenvalue weighted by atomic mass is 16.5. The van der Waals surface area contributed by atoms with E-state index in [0.717, 1.165) is 37.1 Å². The van der Waals surface area contributed by atoms with E-state index in [4.69, 9.17) is 9.47 Å². The van der Waals surface area contributed by atoms with E-state index in [2.05, 4.69) is 5.32 Å². The number of benzene rings is 1. The summed E-state index contributed by atoms with van der Waals surface area (Å²) in [5, 5.41) is 3.69. The molecule has 0 aliphatic carbocycles. The Kier molecular flexibility index (Phi) is 6.24. The Hall–Kier alpha value is -2.54. The molecule has 1 aliphatic rings. The van der Waals surface area contributed by atoms with Crippen molar-refractivity contribution in [2.24, 2.45) is 7.05 Å². The van der Waals surface area contributed by atoms with E-state index in [1.807, 2.05) is 30.7 Å². The van der Waals surface area contributed by atoms with E-state index in [9.17, 15) is 9.59 Å². The number of carbonyl (C=O) groups is 2. The summed E-state index contributed by atoms with van der Waals surface area (Å²) in [6.45, 7) is 6.41. The molecule has 0 spiro atoms. The lowest BCUT2D eigenvalue weighted by atomic mass is 10.1. The molecule has 2 aromatic rings. The smallest absolute Gasteiger partial charge is 0.340 e. The van der Waals surface area contributed by atoms with Crippen molar-refractivity contribution >= 4 is 28.5 Å². The largest absolute Gasteiger partial charge is 0.495 e. The first-order chi connectivity index (χ1) is 13.5. The Morgan fingerprint density at radius 3 is 2.57 bits per heavy atom. The number of rotatable bonds is 6. The number of hydrogen-bond donors (Lipinski definition) is 2. The predicted octanol–water partition coefficient (Wildman–Crippen LogP) is 1.68. The normalized spacial score (nSPS) is 14.9. The standard InChI is InChI=1S/C21H29N3O4/c1-5-28-21(26)18-14(2)23(3)15-9-10-16(27-4)20(19(15)18)22-17(25)13-24-11-7-6-8-12-24/h9-10H,5-8,11-13H2,1-4H3,(H,22,25)/p+1. The molecular formula is C21H30N3O4+. The number of likely N-dealkylation sites (tertiary alicyclic amines) is 1. The Morgan fingerprint density at radius 1 is 1.21 bits per heavy atom. The summed E-state index contributed by atoms with van der Waals surface area (Å²) in [6.07, 6.45) is 3.56. The fourth-order valence-electron chi connectivity index (χ4n) is 4.02. The third-order valence-corrected chi connectivity index (χ3v) is 5.56. The molecule has 0 unspecified atom stereocenters. The third kappa shape index (κ3) is 3.85. The molecule has 0 bridgehead atoms. The number of carbonyl (C=O) groups excluding carboxylic acids is 2. The minimum Gasteiger partial charge on any atom is -0.495 e. The summed E-state index contributed by atoms with van der Waals surface area (Å²) in [5.74, 6) is 0.0701. The summed E-state index contributed by atoms with van der Waals surface area (Å²) in [4.78, 5) is 26.7. The maximum Gasteiger partial charge on any atom is 0.340 e. The lowest BCUT2D eigenvalue weighted by Gasteiger charge is -2.23. The molecule has 0 radical (unpaired) electrons. The van der Waals surface area contributed by atoms with Gasteiger partial charge in [0.1, 0.15) is 5.75 Å². The van der Waals surface area contributed by atoms with Gasteiger partial charge in [0.25, 0.3) is 5.91 Å². The molecule has 0 atom stereocenters. The molecule has 7 heteroatoms. The van der Waals surface area contributed by atoms with Gasteiger partial charge < -0.3 is 24.3 Å². The SMILES string of the molecule is CCOC(=O)c1c(C)n(C)c2ccc(OC)c(NC(=O)C[NH+]3CCCCC3)c12. The zero-order chi connectivity index (χ0) is 20.3.